The molecule has 0 amide bonds. The Bertz CT molecular complexity index is 1250. The first-order chi connectivity index (χ1) is 16.5. The van der Waals surface area contributed by atoms with Gasteiger partial charge < -0.3 is 20.4 Å². The number of likely N-dealkylation sites (N-methyl/N-ethyl adjacent to an activating group) is 1. The monoisotopic (exact) mass is 491 g/mol. The van der Waals surface area contributed by atoms with Crippen molar-refractivity contribution in [3.05, 3.63) is 54.0 Å². The molecule has 9 heteroatoms. The van der Waals surface area contributed by atoms with E-state index in [1.54, 1.807) is 11.3 Å². The zero-order valence-corrected chi connectivity index (χ0v) is 21.3. The first kappa shape index (κ1) is 22.9. The number of benzene rings is 1. The van der Waals surface area contributed by atoms with Crippen molar-refractivity contribution in [2.75, 3.05) is 48.8 Å². The molecule has 1 saturated heterocycles. The van der Waals surface area contributed by atoms with Crippen molar-refractivity contribution >= 4 is 62.3 Å². The van der Waals surface area contributed by atoms with Gasteiger partial charge in [-0.1, -0.05) is 26.0 Å². The molecule has 0 unspecified atom stereocenters. The highest BCUT2D eigenvalue weighted by Crippen LogP contribution is 2.35. The minimum absolute atomic E-state index is 0.493. The van der Waals surface area contributed by atoms with Crippen LogP contribution in [0.15, 0.2) is 58.9 Å². The quantitative estimate of drug-likeness (QED) is 0.313. The van der Waals surface area contributed by atoms with E-state index in [0.717, 1.165) is 59.4 Å². The topological polar surface area (TPSA) is 69.2 Å². The molecule has 0 radical (unpaired) electrons. The lowest BCUT2D eigenvalue weighted by molar-refractivity contribution is 0.313. The van der Waals surface area contributed by atoms with Crippen molar-refractivity contribution in [1.82, 2.24) is 19.9 Å². The molecular formula is C25H29N7S2. The first-order valence-corrected chi connectivity index (χ1v) is 13.3. The Labute approximate surface area is 208 Å². The molecule has 4 aromatic rings. The number of thiophene rings is 1. The second kappa shape index (κ2) is 10.2. The van der Waals surface area contributed by atoms with Crippen LogP contribution in [-0.2, 0) is 0 Å². The summed E-state index contributed by atoms with van der Waals surface area (Å²) in [6.07, 6.45) is 1.93. The largest absolute Gasteiger partial charge is 0.368 e. The van der Waals surface area contributed by atoms with Crippen molar-refractivity contribution in [3.63, 3.8) is 0 Å². The Hall–Kier alpha value is -2.88. The molecular weight excluding hydrogens is 462 g/mol. The van der Waals surface area contributed by atoms with Crippen LogP contribution in [0, 0.1) is 0 Å². The smallest absolute Gasteiger partial charge is 0.231 e. The minimum atomic E-state index is 0.493. The number of thioether (sulfide) groups is 1. The second-order valence-electron chi connectivity index (χ2n) is 8.64. The summed E-state index contributed by atoms with van der Waals surface area (Å²) < 4.78 is 1.04. The maximum atomic E-state index is 4.82. The number of rotatable bonds is 7. The number of piperazine rings is 1. The van der Waals surface area contributed by atoms with Crippen molar-refractivity contribution in [2.24, 2.45) is 0 Å². The van der Waals surface area contributed by atoms with Gasteiger partial charge in [0.05, 0.1) is 27.8 Å². The second-order valence-corrected chi connectivity index (χ2v) is 11.2. The Morgan fingerprint density at radius 3 is 2.56 bits per heavy atom. The van der Waals surface area contributed by atoms with Crippen LogP contribution >= 0.6 is 23.1 Å². The number of aromatic nitrogens is 3. The lowest BCUT2D eigenvalue weighted by Gasteiger charge is -2.33. The van der Waals surface area contributed by atoms with Gasteiger partial charge in [-0.05, 0) is 42.8 Å². The van der Waals surface area contributed by atoms with E-state index in [2.05, 4.69) is 70.6 Å². The van der Waals surface area contributed by atoms with Gasteiger partial charge in [0.1, 0.15) is 5.82 Å². The molecule has 0 aliphatic carbocycles. The number of anilines is 5. The molecule has 1 fully saturated rings. The predicted octanol–water partition coefficient (Wildman–Crippen LogP) is 5.83. The molecule has 176 valence electrons. The fourth-order valence-electron chi connectivity index (χ4n) is 3.88. The summed E-state index contributed by atoms with van der Waals surface area (Å²) in [7, 11) is 2.16. The molecule has 0 spiro atoms. The molecule has 7 nitrogen and oxygen atoms in total. The summed E-state index contributed by atoms with van der Waals surface area (Å²) in [6, 6.07) is 14.5. The molecule has 1 aliphatic heterocycles. The van der Waals surface area contributed by atoms with Gasteiger partial charge in [0, 0.05) is 36.3 Å². The fraction of sp³-hybridized carbons (Fsp3) is 0.320. The third-order valence-electron chi connectivity index (χ3n) is 5.66. The summed E-state index contributed by atoms with van der Waals surface area (Å²) in [4.78, 5) is 20.1. The predicted molar refractivity (Wildman–Crippen MR) is 145 cm³/mol. The number of pyridine rings is 1. The van der Waals surface area contributed by atoms with E-state index in [0.29, 0.717) is 11.2 Å². The van der Waals surface area contributed by atoms with Crippen LogP contribution in [0.2, 0.25) is 0 Å². The average Bonchev–Trinajstić information content (AvgIpc) is 3.30. The molecule has 5 rings (SSSR count). The Balaban J connectivity index is 1.37. The summed E-state index contributed by atoms with van der Waals surface area (Å²) >= 11 is 3.48. The number of fused-ring (bicyclic) bond motifs is 1. The molecule has 1 aliphatic rings. The number of hydrogen-bond donors (Lipinski definition) is 2. The van der Waals surface area contributed by atoms with Crippen LogP contribution in [0.25, 0.3) is 10.2 Å². The van der Waals surface area contributed by atoms with Gasteiger partial charge in [-0.25, -0.2) is 9.97 Å². The highest BCUT2D eigenvalue weighted by Gasteiger charge is 2.15. The molecule has 0 atom stereocenters. The summed E-state index contributed by atoms with van der Waals surface area (Å²) in [5.41, 5.74) is 3.11. The number of hydrogen-bond acceptors (Lipinski definition) is 9. The van der Waals surface area contributed by atoms with E-state index in [-0.39, 0.29) is 0 Å². The molecule has 3 aromatic heterocycles. The van der Waals surface area contributed by atoms with Crippen molar-refractivity contribution in [3.8, 4) is 0 Å². The number of para-hydroxylation sites is 1. The molecule has 0 bridgehead atoms. The first-order valence-electron chi connectivity index (χ1n) is 11.5. The standard InChI is InChI=1S/C25H29N7S2/c1-17(2)34-21-7-5-4-6-19(21)27-24-23-20(10-15-33-23)28-25(30-24)29-22-9-8-18(16-26-22)32-13-11-31(3)12-14-32/h4-10,15-17H,11-14H2,1-3H3,(H2,26,27,28,29,30). The molecule has 34 heavy (non-hydrogen) atoms. The molecule has 2 N–H and O–H groups in total. The van der Waals surface area contributed by atoms with Gasteiger partial charge >= 0.3 is 0 Å². The van der Waals surface area contributed by atoms with E-state index in [9.17, 15) is 0 Å². The summed E-state index contributed by atoms with van der Waals surface area (Å²) in [5.74, 6) is 2.06. The van der Waals surface area contributed by atoms with Crippen LogP contribution in [0.3, 0.4) is 0 Å². The van der Waals surface area contributed by atoms with Crippen LogP contribution < -0.4 is 15.5 Å². The van der Waals surface area contributed by atoms with Gasteiger partial charge in [0.15, 0.2) is 5.82 Å². The lowest BCUT2D eigenvalue weighted by atomic mass is 10.3. The Morgan fingerprint density at radius 1 is 0.971 bits per heavy atom. The molecule has 0 saturated carbocycles. The van der Waals surface area contributed by atoms with Gasteiger partial charge in [-0.2, -0.15) is 4.98 Å². The highest BCUT2D eigenvalue weighted by atomic mass is 32.2. The third kappa shape index (κ3) is 5.27. The molecule has 1 aromatic carbocycles. The van der Waals surface area contributed by atoms with Gasteiger partial charge in [0.2, 0.25) is 5.95 Å². The van der Waals surface area contributed by atoms with Crippen LogP contribution in [0.5, 0.6) is 0 Å². The zero-order valence-electron chi connectivity index (χ0n) is 19.7. The number of nitrogens with zero attached hydrogens (tertiary/aromatic N) is 5. The van der Waals surface area contributed by atoms with E-state index < -0.39 is 0 Å². The minimum Gasteiger partial charge on any atom is -0.368 e. The zero-order chi connectivity index (χ0) is 23.5. The number of nitrogens with one attached hydrogen (secondary N) is 2. The van der Waals surface area contributed by atoms with Gasteiger partial charge in [-0.3, -0.25) is 0 Å². The normalized spacial score (nSPS) is 14.6. The van der Waals surface area contributed by atoms with Crippen LogP contribution in [-0.4, -0.2) is 58.3 Å². The van der Waals surface area contributed by atoms with E-state index in [1.807, 2.05) is 41.5 Å². The van der Waals surface area contributed by atoms with E-state index in [4.69, 9.17) is 9.97 Å². The molecule has 4 heterocycles. The summed E-state index contributed by atoms with van der Waals surface area (Å²) in [6.45, 7) is 8.59. The summed E-state index contributed by atoms with van der Waals surface area (Å²) in [5, 5.41) is 9.39. The van der Waals surface area contributed by atoms with Crippen molar-refractivity contribution < 1.29 is 0 Å². The van der Waals surface area contributed by atoms with E-state index >= 15 is 0 Å². The third-order valence-corrected chi connectivity index (χ3v) is 7.65. The maximum absolute atomic E-state index is 4.82. The van der Waals surface area contributed by atoms with Crippen LogP contribution in [0.4, 0.5) is 29.0 Å². The fourth-order valence-corrected chi connectivity index (χ4v) is 5.57. The average molecular weight is 492 g/mol. The SMILES string of the molecule is CC(C)Sc1ccccc1Nc1nc(Nc2ccc(N3CCN(C)CC3)cn2)nc2ccsc12. The maximum Gasteiger partial charge on any atom is 0.231 e. The Kier molecular flexibility index (Phi) is 6.85. The van der Waals surface area contributed by atoms with E-state index in [1.165, 1.54) is 4.90 Å². The highest BCUT2D eigenvalue weighted by molar-refractivity contribution is 8.00. The van der Waals surface area contributed by atoms with Crippen molar-refractivity contribution in [2.45, 2.75) is 24.0 Å². The van der Waals surface area contributed by atoms with Gasteiger partial charge in [0.25, 0.3) is 0 Å². The van der Waals surface area contributed by atoms with Gasteiger partial charge in [-0.15, -0.1) is 23.1 Å². The van der Waals surface area contributed by atoms with Crippen molar-refractivity contribution in [1.29, 1.82) is 0 Å². The van der Waals surface area contributed by atoms with Crippen LogP contribution in [0.1, 0.15) is 13.8 Å². The Morgan fingerprint density at radius 2 is 1.79 bits per heavy atom. The lowest BCUT2D eigenvalue weighted by Crippen LogP contribution is -2.44.